The highest BCUT2D eigenvalue weighted by molar-refractivity contribution is 5.95. The molecule has 2 N–H and O–H groups in total. The fraction of sp³-hybridized carbons (Fsp3) is 0.611. The van der Waals surface area contributed by atoms with Gasteiger partial charge in [0.25, 0.3) is 5.91 Å². The van der Waals surface area contributed by atoms with Crippen LogP contribution in [0, 0.1) is 0 Å². The van der Waals surface area contributed by atoms with Crippen molar-refractivity contribution in [3.63, 3.8) is 0 Å². The van der Waals surface area contributed by atoms with Crippen LogP contribution in [0.4, 0.5) is 0 Å². The van der Waals surface area contributed by atoms with Crippen molar-refractivity contribution in [2.45, 2.75) is 39.7 Å². The number of piperidine rings is 1. The molecule has 1 aliphatic heterocycles. The number of hydrogen-bond acceptors (Lipinski definition) is 5. The Balaban J connectivity index is 0.00000312. The van der Waals surface area contributed by atoms with Crippen molar-refractivity contribution in [1.29, 1.82) is 0 Å². The molecule has 1 amide bonds. The van der Waals surface area contributed by atoms with E-state index in [0.29, 0.717) is 42.6 Å². The number of hydrogen-bond donors (Lipinski definition) is 2. The Morgan fingerprint density at radius 2 is 1.72 bits per heavy atom. The zero-order valence-corrected chi connectivity index (χ0v) is 16.0. The molecule has 1 aromatic carbocycles. The van der Waals surface area contributed by atoms with Crippen molar-refractivity contribution < 1.29 is 19.0 Å². The minimum absolute atomic E-state index is 0. The molecule has 1 atom stereocenters. The highest BCUT2D eigenvalue weighted by Gasteiger charge is 2.21. The lowest BCUT2D eigenvalue weighted by atomic mass is 10.1. The monoisotopic (exact) mass is 372 g/mol. The van der Waals surface area contributed by atoms with E-state index in [1.165, 1.54) is 0 Å². The van der Waals surface area contributed by atoms with Crippen LogP contribution in [0.25, 0.3) is 0 Å². The Morgan fingerprint density at radius 1 is 1.12 bits per heavy atom. The molecule has 0 unspecified atom stereocenters. The smallest absolute Gasteiger partial charge is 0.251 e. The van der Waals surface area contributed by atoms with Gasteiger partial charge in [0.1, 0.15) is 0 Å². The van der Waals surface area contributed by atoms with Crippen molar-refractivity contribution in [2.24, 2.45) is 0 Å². The predicted octanol–water partition coefficient (Wildman–Crippen LogP) is 2.79. The highest BCUT2D eigenvalue weighted by Crippen LogP contribution is 2.39. The quantitative estimate of drug-likeness (QED) is 0.734. The number of ether oxygens (including phenoxy) is 3. The molecule has 6 nitrogen and oxygen atoms in total. The first kappa shape index (κ1) is 21.4. The van der Waals surface area contributed by atoms with Crippen LogP contribution < -0.4 is 24.8 Å². The van der Waals surface area contributed by atoms with Crippen molar-refractivity contribution in [3.8, 4) is 17.2 Å². The normalized spacial score (nSPS) is 16.5. The van der Waals surface area contributed by atoms with E-state index in [-0.39, 0.29) is 24.4 Å². The van der Waals surface area contributed by atoms with Crippen LogP contribution >= 0.6 is 12.4 Å². The zero-order valence-electron chi connectivity index (χ0n) is 15.2. The highest BCUT2D eigenvalue weighted by atomic mass is 35.5. The van der Waals surface area contributed by atoms with E-state index in [1.54, 1.807) is 12.1 Å². The summed E-state index contributed by atoms with van der Waals surface area (Å²) in [4.78, 5) is 12.6. The summed E-state index contributed by atoms with van der Waals surface area (Å²) in [6.07, 6.45) is 2.06. The molecular weight excluding hydrogens is 344 g/mol. The molecule has 0 aliphatic carbocycles. The van der Waals surface area contributed by atoms with E-state index >= 15 is 0 Å². The number of halogens is 1. The summed E-state index contributed by atoms with van der Waals surface area (Å²) in [5.41, 5.74) is 0.524. The second-order valence-electron chi connectivity index (χ2n) is 5.62. The van der Waals surface area contributed by atoms with Crippen molar-refractivity contribution >= 4 is 18.3 Å². The Hall–Kier alpha value is -1.66. The number of carbonyl (C=O) groups excluding carboxylic acids is 1. The summed E-state index contributed by atoms with van der Waals surface area (Å²) in [5.74, 6) is 1.51. The van der Waals surface area contributed by atoms with Gasteiger partial charge in [0.15, 0.2) is 11.5 Å². The molecule has 1 saturated heterocycles. The number of rotatable bonds is 8. The maximum absolute atomic E-state index is 12.6. The molecule has 7 heteroatoms. The average Bonchev–Trinajstić information content (AvgIpc) is 2.58. The van der Waals surface area contributed by atoms with Gasteiger partial charge in [0.2, 0.25) is 5.75 Å². The standard InChI is InChI=1S/C18H28N2O4.ClH/c1-4-22-15-10-13(11-16(23-5-2)17(15)24-6-3)18(21)20-14-8-7-9-19-12-14;/h10-11,14,19H,4-9,12H2,1-3H3,(H,20,21);1H/t14-;/m1./s1. The second-order valence-corrected chi connectivity index (χ2v) is 5.62. The third-order valence-corrected chi connectivity index (χ3v) is 3.80. The Morgan fingerprint density at radius 3 is 2.20 bits per heavy atom. The molecule has 1 aliphatic rings. The maximum atomic E-state index is 12.6. The number of benzene rings is 1. The Labute approximate surface area is 156 Å². The Kier molecular flexibility index (Phi) is 9.45. The van der Waals surface area contributed by atoms with Gasteiger partial charge in [-0.2, -0.15) is 0 Å². The van der Waals surface area contributed by atoms with E-state index in [1.807, 2.05) is 20.8 Å². The first-order valence-corrected chi connectivity index (χ1v) is 8.77. The van der Waals surface area contributed by atoms with Gasteiger partial charge in [0.05, 0.1) is 19.8 Å². The summed E-state index contributed by atoms with van der Waals surface area (Å²) in [6.45, 7) is 9.00. The lowest BCUT2D eigenvalue weighted by molar-refractivity contribution is 0.0929. The number of amides is 1. The third-order valence-electron chi connectivity index (χ3n) is 3.80. The second kappa shape index (κ2) is 11.1. The summed E-state index contributed by atoms with van der Waals surface area (Å²) in [5, 5.41) is 6.37. The van der Waals surface area contributed by atoms with Crippen LogP contribution in [0.2, 0.25) is 0 Å². The maximum Gasteiger partial charge on any atom is 0.251 e. The van der Waals surface area contributed by atoms with E-state index < -0.39 is 0 Å². The molecule has 0 spiro atoms. The van der Waals surface area contributed by atoms with Crippen LogP contribution in [-0.4, -0.2) is 44.9 Å². The predicted molar refractivity (Wildman–Crippen MR) is 101 cm³/mol. The summed E-state index contributed by atoms with van der Waals surface area (Å²) >= 11 is 0. The molecule has 1 fully saturated rings. The van der Waals surface area contributed by atoms with Gasteiger partial charge in [-0.25, -0.2) is 0 Å². The van der Waals surface area contributed by atoms with Gasteiger partial charge >= 0.3 is 0 Å². The first-order valence-electron chi connectivity index (χ1n) is 8.77. The SMILES string of the molecule is CCOc1cc(C(=O)N[C@@H]2CCCNC2)cc(OCC)c1OCC.Cl. The van der Waals surface area contributed by atoms with Crippen LogP contribution in [0.5, 0.6) is 17.2 Å². The fourth-order valence-corrected chi connectivity index (χ4v) is 2.76. The third kappa shape index (κ3) is 5.97. The van der Waals surface area contributed by atoms with Gasteiger partial charge in [-0.15, -0.1) is 12.4 Å². The first-order chi connectivity index (χ1) is 11.7. The fourth-order valence-electron chi connectivity index (χ4n) is 2.76. The van der Waals surface area contributed by atoms with Crippen molar-refractivity contribution in [2.75, 3.05) is 32.9 Å². The lowest BCUT2D eigenvalue weighted by Crippen LogP contribution is -2.45. The minimum atomic E-state index is -0.117. The summed E-state index contributed by atoms with van der Waals surface area (Å²) in [7, 11) is 0. The minimum Gasteiger partial charge on any atom is -0.490 e. The van der Waals surface area contributed by atoms with Gasteiger partial charge in [0, 0.05) is 18.2 Å². The van der Waals surface area contributed by atoms with Gasteiger partial charge in [-0.3, -0.25) is 4.79 Å². The van der Waals surface area contributed by atoms with E-state index in [4.69, 9.17) is 14.2 Å². The molecule has 142 valence electrons. The molecular formula is C18H29ClN2O4. The largest absolute Gasteiger partial charge is 0.490 e. The molecule has 2 rings (SSSR count). The van der Waals surface area contributed by atoms with Crippen LogP contribution in [0.1, 0.15) is 44.0 Å². The Bertz CT molecular complexity index is 521. The topological polar surface area (TPSA) is 68.8 Å². The van der Waals surface area contributed by atoms with Crippen LogP contribution in [-0.2, 0) is 0 Å². The van der Waals surface area contributed by atoms with Gasteiger partial charge in [-0.05, 0) is 52.3 Å². The molecule has 25 heavy (non-hydrogen) atoms. The number of carbonyl (C=O) groups is 1. The average molecular weight is 373 g/mol. The summed E-state index contributed by atoms with van der Waals surface area (Å²) < 4.78 is 17.0. The van der Waals surface area contributed by atoms with E-state index in [9.17, 15) is 4.79 Å². The lowest BCUT2D eigenvalue weighted by Gasteiger charge is -2.24. The number of nitrogens with one attached hydrogen (secondary N) is 2. The molecule has 0 aromatic heterocycles. The van der Waals surface area contributed by atoms with E-state index in [0.717, 1.165) is 25.9 Å². The molecule has 1 aromatic rings. The van der Waals surface area contributed by atoms with E-state index in [2.05, 4.69) is 10.6 Å². The van der Waals surface area contributed by atoms with Crippen molar-refractivity contribution in [3.05, 3.63) is 17.7 Å². The van der Waals surface area contributed by atoms with Crippen LogP contribution in [0.3, 0.4) is 0 Å². The molecule has 0 bridgehead atoms. The van der Waals surface area contributed by atoms with Crippen LogP contribution in [0.15, 0.2) is 12.1 Å². The van der Waals surface area contributed by atoms with Gasteiger partial charge < -0.3 is 24.8 Å². The molecule has 0 radical (unpaired) electrons. The molecule has 0 saturated carbocycles. The zero-order chi connectivity index (χ0) is 17.4. The molecule has 1 heterocycles. The summed E-state index contributed by atoms with van der Waals surface area (Å²) in [6, 6.07) is 3.61. The van der Waals surface area contributed by atoms with Crippen molar-refractivity contribution in [1.82, 2.24) is 10.6 Å². The van der Waals surface area contributed by atoms with Gasteiger partial charge in [-0.1, -0.05) is 0 Å².